The molecule has 2 aromatic carbocycles. The van der Waals surface area contributed by atoms with E-state index in [-0.39, 0.29) is 26.1 Å². The Morgan fingerprint density at radius 1 is 0.773 bits per heavy atom. The van der Waals surface area contributed by atoms with Crippen molar-refractivity contribution < 1.29 is 16.8 Å². The largest absolute Gasteiger partial charge is 0.240 e. The maximum Gasteiger partial charge on any atom is 0.240 e. The topological polar surface area (TPSA) is 120 Å². The van der Waals surface area contributed by atoms with Gasteiger partial charge < -0.3 is 0 Å². The van der Waals surface area contributed by atoms with Gasteiger partial charge in [0.05, 0.1) is 14.9 Å². The summed E-state index contributed by atoms with van der Waals surface area (Å²) < 4.78 is 47.0. The zero-order valence-corrected chi connectivity index (χ0v) is 14.0. The van der Waals surface area contributed by atoms with Crippen molar-refractivity contribution >= 4 is 43.2 Å². The molecule has 118 valence electrons. The highest BCUT2D eigenvalue weighted by atomic mass is 35.5. The number of nitrogens with two attached hydrogens (primary N) is 2. The molecule has 0 aliphatic heterocycles. The van der Waals surface area contributed by atoms with Crippen LogP contribution in [0, 0.1) is 0 Å². The molecule has 0 fully saturated rings. The lowest BCUT2D eigenvalue weighted by molar-refractivity contribution is 0.595. The van der Waals surface area contributed by atoms with E-state index < -0.39 is 24.9 Å². The van der Waals surface area contributed by atoms with Crippen LogP contribution in [0.5, 0.6) is 0 Å². The molecule has 2 rings (SSSR count). The van der Waals surface area contributed by atoms with Gasteiger partial charge in [0.2, 0.25) is 20.0 Å². The Morgan fingerprint density at radius 3 is 1.91 bits per heavy atom. The van der Waals surface area contributed by atoms with Gasteiger partial charge in [0.1, 0.15) is 4.90 Å². The van der Waals surface area contributed by atoms with Gasteiger partial charge in [-0.2, -0.15) is 0 Å². The summed E-state index contributed by atoms with van der Waals surface area (Å²) >= 11 is 11.7. The molecule has 6 nitrogen and oxygen atoms in total. The van der Waals surface area contributed by atoms with Gasteiger partial charge in [-0.3, -0.25) is 0 Å². The number of halogens is 2. The SMILES string of the molecule is NS(=O)(=O)c1ccccc1-c1ccc(Cl)c(Cl)c1S(N)(=O)=O. The molecule has 0 aliphatic carbocycles. The normalized spacial score (nSPS) is 12.4. The lowest BCUT2D eigenvalue weighted by atomic mass is 10.1. The minimum Gasteiger partial charge on any atom is -0.225 e. The van der Waals surface area contributed by atoms with Gasteiger partial charge in [-0.05, 0) is 12.1 Å². The minimum absolute atomic E-state index is 0.00141. The Bertz CT molecular complexity index is 957. The number of primary sulfonamides is 2. The van der Waals surface area contributed by atoms with Gasteiger partial charge in [-0.1, -0.05) is 47.5 Å². The molecule has 0 bridgehead atoms. The first-order valence-electron chi connectivity index (χ1n) is 5.66. The van der Waals surface area contributed by atoms with Gasteiger partial charge in [-0.25, -0.2) is 27.1 Å². The third-order valence-electron chi connectivity index (χ3n) is 2.82. The zero-order valence-electron chi connectivity index (χ0n) is 10.8. The molecule has 0 saturated heterocycles. The highest BCUT2D eigenvalue weighted by molar-refractivity contribution is 7.89. The van der Waals surface area contributed by atoms with Crippen LogP contribution >= 0.6 is 23.2 Å². The van der Waals surface area contributed by atoms with Crippen molar-refractivity contribution in [2.24, 2.45) is 10.3 Å². The average molecular weight is 381 g/mol. The minimum atomic E-state index is -4.25. The molecular formula is C12H10Cl2N2O4S2. The Hall–Kier alpha value is -1.16. The molecule has 0 amide bonds. The van der Waals surface area contributed by atoms with Crippen LogP contribution in [0.2, 0.25) is 10.0 Å². The molecule has 10 heteroatoms. The summed E-state index contributed by atoms with van der Waals surface area (Å²) in [7, 11) is -8.33. The molecule has 22 heavy (non-hydrogen) atoms. The Balaban J connectivity index is 2.96. The van der Waals surface area contributed by atoms with Gasteiger partial charge in [0.25, 0.3) is 0 Å². The van der Waals surface area contributed by atoms with Crippen molar-refractivity contribution in [3.05, 3.63) is 46.4 Å². The van der Waals surface area contributed by atoms with E-state index in [2.05, 4.69) is 0 Å². The van der Waals surface area contributed by atoms with Crippen molar-refractivity contribution in [1.29, 1.82) is 0 Å². The van der Waals surface area contributed by atoms with Gasteiger partial charge in [-0.15, -0.1) is 0 Å². The second-order valence-electron chi connectivity index (χ2n) is 4.32. The van der Waals surface area contributed by atoms with Gasteiger partial charge in [0, 0.05) is 11.1 Å². The van der Waals surface area contributed by atoms with Gasteiger partial charge >= 0.3 is 0 Å². The molecule has 0 heterocycles. The van der Waals surface area contributed by atoms with Crippen molar-refractivity contribution in [2.75, 3.05) is 0 Å². The third kappa shape index (κ3) is 3.27. The first-order valence-corrected chi connectivity index (χ1v) is 9.51. The molecule has 0 saturated carbocycles. The van der Waals surface area contributed by atoms with E-state index in [1.807, 2.05) is 0 Å². The molecule has 0 atom stereocenters. The van der Waals surface area contributed by atoms with E-state index in [0.29, 0.717) is 0 Å². The van der Waals surface area contributed by atoms with Crippen LogP contribution in [-0.2, 0) is 20.0 Å². The average Bonchev–Trinajstić information content (AvgIpc) is 2.39. The van der Waals surface area contributed by atoms with Crippen LogP contribution in [0.1, 0.15) is 0 Å². The number of hydrogen-bond donors (Lipinski definition) is 2. The first-order chi connectivity index (χ1) is 10.0. The molecule has 0 spiro atoms. The summed E-state index contributed by atoms with van der Waals surface area (Å²) in [6, 6.07) is 8.29. The highest BCUT2D eigenvalue weighted by Crippen LogP contribution is 2.38. The second-order valence-corrected chi connectivity index (χ2v) is 8.14. The Kier molecular flexibility index (Phi) is 4.54. The number of rotatable bonds is 3. The summed E-state index contributed by atoms with van der Waals surface area (Å²) in [6.45, 7) is 0. The smallest absolute Gasteiger partial charge is 0.225 e. The van der Waals surface area contributed by atoms with Crippen LogP contribution in [0.4, 0.5) is 0 Å². The maximum atomic E-state index is 11.8. The van der Waals surface area contributed by atoms with E-state index in [4.69, 9.17) is 33.5 Å². The van der Waals surface area contributed by atoms with Crippen molar-refractivity contribution in [3.8, 4) is 11.1 Å². The molecule has 0 aliphatic rings. The fourth-order valence-corrected chi connectivity index (χ4v) is 4.26. The Morgan fingerprint density at radius 2 is 1.36 bits per heavy atom. The maximum absolute atomic E-state index is 11.8. The summed E-state index contributed by atoms with van der Waals surface area (Å²) in [5.74, 6) is 0. The molecule has 0 radical (unpaired) electrons. The predicted octanol–water partition coefficient (Wildman–Crippen LogP) is 1.96. The standard InChI is InChI=1S/C12H10Cl2N2O4S2/c13-9-6-5-8(12(11(9)14)22(16,19)20)7-3-1-2-4-10(7)21(15,17)18/h1-6H,(H2,15,17,18)(H2,16,19,20). The van der Waals surface area contributed by atoms with Crippen LogP contribution in [0.15, 0.2) is 46.2 Å². The van der Waals surface area contributed by atoms with Crippen LogP contribution in [-0.4, -0.2) is 16.8 Å². The molecular weight excluding hydrogens is 371 g/mol. The summed E-state index contributed by atoms with van der Waals surface area (Å²) in [4.78, 5) is -0.712. The first kappa shape index (κ1) is 17.2. The van der Waals surface area contributed by atoms with E-state index >= 15 is 0 Å². The lowest BCUT2D eigenvalue weighted by Crippen LogP contribution is -2.16. The fourth-order valence-electron chi connectivity index (χ4n) is 1.96. The summed E-state index contributed by atoms with van der Waals surface area (Å²) in [5, 5.41) is 10.0. The lowest BCUT2D eigenvalue weighted by Gasteiger charge is -2.13. The van der Waals surface area contributed by atoms with E-state index in [1.165, 1.54) is 36.4 Å². The highest BCUT2D eigenvalue weighted by Gasteiger charge is 2.25. The summed E-state index contributed by atoms with van der Waals surface area (Å²) in [6.07, 6.45) is 0. The van der Waals surface area contributed by atoms with E-state index in [0.717, 1.165) is 0 Å². The number of hydrogen-bond acceptors (Lipinski definition) is 4. The van der Waals surface area contributed by atoms with Crippen LogP contribution in [0.25, 0.3) is 11.1 Å². The predicted molar refractivity (Wildman–Crippen MR) is 84.6 cm³/mol. The summed E-state index contributed by atoms with van der Waals surface area (Å²) in [5.41, 5.74) is 0.0640. The second kappa shape index (κ2) is 5.80. The van der Waals surface area contributed by atoms with Gasteiger partial charge in [0.15, 0.2) is 0 Å². The van der Waals surface area contributed by atoms with E-state index in [1.54, 1.807) is 0 Å². The zero-order chi connectivity index (χ0) is 16.7. The molecule has 4 N–H and O–H groups in total. The number of sulfonamides is 2. The van der Waals surface area contributed by atoms with E-state index in [9.17, 15) is 16.8 Å². The van der Waals surface area contributed by atoms with Crippen LogP contribution < -0.4 is 10.3 Å². The monoisotopic (exact) mass is 380 g/mol. The quantitative estimate of drug-likeness (QED) is 0.844. The third-order valence-corrected chi connectivity index (χ3v) is 5.70. The van der Waals surface area contributed by atoms with Crippen molar-refractivity contribution in [3.63, 3.8) is 0 Å². The van der Waals surface area contributed by atoms with Crippen LogP contribution in [0.3, 0.4) is 0 Å². The molecule has 0 aromatic heterocycles. The fraction of sp³-hybridized carbons (Fsp3) is 0. The van der Waals surface area contributed by atoms with Crippen molar-refractivity contribution in [1.82, 2.24) is 0 Å². The molecule has 2 aromatic rings. The Labute approximate surface area is 137 Å². The number of benzene rings is 2. The molecule has 0 unspecified atom stereocenters. The van der Waals surface area contributed by atoms with Crippen molar-refractivity contribution in [2.45, 2.75) is 9.79 Å².